The number of sulfonamides is 1. The number of hydrogen-bond donors (Lipinski definition) is 3. The summed E-state index contributed by atoms with van der Waals surface area (Å²) in [6, 6.07) is 18.5. The van der Waals surface area contributed by atoms with E-state index in [1.165, 1.54) is 12.1 Å². The molecule has 0 aliphatic carbocycles. The molecule has 3 N–H and O–H groups in total. The molecule has 3 aromatic carbocycles. The number of ether oxygens (including phenoxy) is 1. The van der Waals surface area contributed by atoms with Crippen LogP contribution in [0.3, 0.4) is 0 Å². The molecule has 1 aliphatic heterocycles. The molecule has 0 spiro atoms. The number of para-hydroxylation sites is 2. The molecule has 4 aromatic rings. The highest BCUT2D eigenvalue weighted by atomic mass is 32.2. The van der Waals surface area contributed by atoms with Crippen molar-refractivity contribution in [1.82, 2.24) is 14.3 Å². The fourth-order valence-corrected chi connectivity index (χ4v) is 5.73. The lowest BCUT2D eigenvalue weighted by Gasteiger charge is -2.29. The van der Waals surface area contributed by atoms with Crippen molar-refractivity contribution in [2.24, 2.45) is 0 Å². The van der Waals surface area contributed by atoms with Gasteiger partial charge in [-0.15, -0.1) is 0 Å². The van der Waals surface area contributed by atoms with Gasteiger partial charge in [0.25, 0.3) is 0 Å². The number of morpholine rings is 1. The molecule has 12 heteroatoms. The second kappa shape index (κ2) is 11.5. The molecule has 0 unspecified atom stereocenters. The van der Waals surface area contributed by atoms with Crippen molar-refractivity contribution in [2.45, 2.75) is 24.4 Å². The molecule has 1 fully saturated rings. The van der Waals surface area contributed by atoms with E-state index in [0.717, 1.165) is 28.9 Å². The summed E-state index contributed by atoms with van der Waals surface area (Å²) in [7, 11) is -4.16. The minimum absolute atomic E-state index is 0.0334. The SMILES string of the molecule is Cc1ccc(S(=O)(=O)N[C@H](Cn2c(=O)c(=O)[nH]c3ccccc32)C(=O)Nc2ccc(N3CCOCC3)cc2)cc1. The first-order chi connectivity index (χ1) is 19.2. The number of fused-ring (bicyclic) bond motifs is 1. The summed E-state index contributed by atoms with van der Waals surface area (Å²) in [6.45, 7) is 4.21. The van der Waals surface area contributed by atoms with Crippen molar-refractivity contribution in [3.05, 3.63) is 99.1 Å². The summed E-state index contributed by atoms with van der Waals surface area (Å²) in [4.78, 5) is 43.4. The van der Waals surface area contributed by atoms with Crippen LogP contribution in [0.4, 0.5) is 11.4 Å². The third-order valence-corrected chi connectivity index (χ3v) is 8.19. The van der Waals surface area contributed by atoms with Crippen molar-refractivity contribution < 1.29 is 17.9 Å². The molecule has 0 radical (unpaired) electrons. The lowest BCUT2D eigenvalue weighted by molar-refractivity contribution is -0.118. The lowest BCUT2D eigenvalue weighted by Crippen LogP contribution is -2.49. The summed E-state index contributed by atoms with van der Waals surface area (Å²) >= 11 is 0. The Bertz CT molecular complexity index is 1740. The van der Waals surface area contributed by atoms with Gasteiger partial charge in [-0.1, -0.05) is 29.8 Å². The molecule has 5 rings (SSSR count). The quantitative estimate of drug-likeness (QED) is 0.278. The van der Waals surface area contributed by atoms with E-state index in [4.69, 9.17) is 4.74 Å². The molecule has 2 heterocycles. The zero-order valence-corrected chi connectivity index (χ0v) is 22.6. The van der Waals surface area contributed by atoms with Gasteiger partial charge in [0.15, 0.2) is 0 Å². The summed E-state index contributed by atoms with van der Waals surface area (Å²) < 4.78 is 35.5. The second-order valence-corrected chi connectivity index (χ2v) is 11.2. The van der Waals surface area contributed by atoms with Crippen molar-refractivity contribution in [3.8, 4) is 0 Å². The molecule has 1 aromatic heterocycles. The van der Waals surface area contributed by atoms with Crippen LogP contribution in [-0.4, -0.2) is 56.2 Å². The van der Waals surface area contributed by atoms with Crippen LogP contribution >= 0.6 is 0 Å². The van der Waals surface area contributed by atoms with E-state index in [9.17, 15) is 22.8 Å². The first-order valence-corrected chi connectivity index (χ1v) is 14.2. The average Bonchev–Trinajstić information content (AvgIpc) is 2.96. The van der Waals surface area contributed by atoms with Crippen molar-refractivity contribution >= 4 is 38.3 Å². The van der Waals surface area contributed by atoms with Gasteiger partial charge in [-0.2, -0.15) is 4.72 Å². The van der Waals surface area contributed by atoms with Crippen LogP contribution in [0.15, 0.2) is 87.3 Å². The second-order valence-electron chi connectivity index (χ2n) is 9.51. The summed E-state index contributed by atoms with van der Waals surface area (Å²) in [5, 5.41) is 2.75. The van der Waals surface area contributed by atoms with Crippen LogP contribution in [0.2, 0.25) is 0 Å². The number of carbonyl (C=O) groups excluding carboxylic acids is 1. The molecule has 1 amide bonds. The zero-order chi connectivity index (χ0) is 28.3. The number of anilines is 2. The molecular weight excluding hydrogens is 534 g/mol. The molecular formula is C28H29N5O6S. The number of nitrogens with zero attached hydrogens (tertiary/aromatic N) is 2. The number of aromatic nitrogens is 2. The van der Waals surface area contributed by atoms with E-state index < -0.39 is 39.6 Å². The normalized spacial score (nSPS) is 14.7. The molecule has 40 heavy (non-hydrogen) atoms. The fraction of sp³-hybridized carbons (Fsp3) is 0.250. The van der Waals surface area contributed by atoms with Gasteiger partial charge in [-0.05, 0) is 55.5 Å². The third kappa shape index (κ3) is 5.98. The minimum atomic E-state index is -4.16. The predicted molar refractivity (Wildman–Crippen MR) is 152 cm³/mol. The number of benzene rings is 3. The summed E-state index contributed by atoms with van der Waals surface area (Å²) in [6.07, 6.45) is 0. The molecule has 11 nitrogen and oxygen atoms in total. The maximum absolute atomic E-state index is 13.5. The van der Waals surface area contributed by atoms with E-state index in [-0.39, 0.29) is 4.90 Å². The highest BCUT2D eigenvalue weighted by Crippen LogP contribution is 2.20. The third-order valence-electron chi connectivity index (χ3n) is 6.70. The highest BCUT2D eigenvalue weighted by Gasteiger charge is 2.28. The smallest absolute Gasteiger partial charge is 0.316 e. The molecule has 1 aliphatic rings. The van der Waals surface area contributed by atoms with Crippen LogP contribution in [0.1, 0.15) is 5.56 Å². The molecule has 0 bridgehead atoms. The van der Waals surface area contributed by atoms with Crippen molar-refractivity contribution in [2.75, 3.05) is 36.5 Å². The van der Waals surface area contributed by atoms with E-state index in [1.54, 1.807) is 48.5 Å². The number of carbonyl (C=O) groups is 1. The Morgan fingerprint density at radius 2 is 1.65 bits per heavy atom. The number of hydrogen-bond acceptors (Lipinski definition) is 7. The molecule has 1 atom stereocenters. The standard InChI is InChI=1S/C28H29N5O6S/c1-19-6-12-22(13-7-19)40(37,38)31-24(18-33-25-5-3-2-4-23(25)30-27(35)28(33)36)26(34)29-20-8-10-21(11-9-20)32-14-16-39-17-15-32/h2-13,24,31H,14-18H2,1H3,(H,29,34)(H,30,35)/t24-/m1/s1. The van der Waals surface area contributed by atoms with Crippen LogP contribution < -0.4 is 26.1 Å². The summed E-state index contributed by atoms with van der Waals surface area (Å²) in [5.74, 6) is -0.689. The molecule has 1 saturated heterocycles. The Morgan fingerprint density at radius 1 is 0.975 bits per heavy atom. The van der Waals surface area contributed by atoms with Crippen LogP contribution in [0, 0.1) is 6.92 Å². The van der Waals surface area contributed by atoms with Crippen molar-refractivity contribution in [3.63, 3.8) is 0 Å². The zero-order valence-electron chi connectivity index (χ0n) is 21.8. The fourth-order valence-electron chi connectivity index (χ4n) is 4.54. The predicted octanol–water partition coefficient (Wildman–Crippen LogP) is 1.82. The van der Waals surface area contributed by atoms with E-state index in [2.05, 4.69) is 19.9 Å². The Balaban J connectivity index is 1.46. The largest absolute Gasteiger partial charge is 0.378 e. The highest BCUT2D eigenvalue weighted by molar-refractivity contribution is 7.89. The van der Waals surface area contributed by atoms with Crippen LogP contribution in [0.5, 0.6) is 0 Å². The summed E-state index contributed by atoms with van der Waals surface area (Å²) in [5.41, 5.74) is 1.25. The van der Waals surface area contributed by atoms with E-state index in [0.29, 0.717) is 29.9 Å². The van der Waals surface area contributed by atoms with E-state index in [1.807, 2.05) is 19.1 Å². The van der Waals surface area contributed by atoms with Crippen molar-refractivity contribution in [1.29, 1.82) is 0 Å². The van der Waals surface area contributed by atoms with Crippen LogP contribution in [-0.2, 0) is 26.1 Å². The number of rotatable bonds is 8. The maximum Gasteiger partial charge on any atom is 0.316 e. The van der Waals surface area contributed by atoms with E-state index >= 15 is 0 Å². The van der Waals surface area contributed by atoms with Gasteiger partial charge < -0.3 is 19.9 Å². The van der Waals surface area contributed by atoms with Crippen LogP contribution in [0.25, 0.3) is 11.0 Å². The van der Waals surface area contributed by atoms with Gasteiger partial charge in [0.2, 0.25) is 15.9 Å². The van der Waals surface area contributed by atoms with Gasteiger partial charge in [-0.3, -0.25) is 19.0 Å². The molecule has 208 valence electrons. The monoisotopic (exact) mass is 563 g/mol. The Kier molecular flexibility index (Phi) is 7.83. The first kappa shape index (κ1) is 27.3. The Hall–Kier alpha value is -4.26. The van der Waals surface area contributed by atoms with Gasteiger partial charge in [0, 0.05) is 24.5 Å². The Morgan fingerprint density at radius 3 is 2.35 bits per heavy atom. The average molecular weight is 564 g/mol. The van der Waals surface area contributed by atoms with Gasteiger partial charge in [0.1, 0.15) is 6.04 Å². The van der Waals surface area contributed by atoms with Gasteiger partial charge in [0.05, 0.1) is 35.7 Å². The number of amides is 1. The Labute approximate surface area is 230 Å². The van der Waals surface area contributed by atoms with Gasteiger partial charge in [-0.25, -0.2) is 8.42 Å². The number of aryl methyl sites for hydroxylation is 1. The number of aromatic amines is 1. The minimum Gasteiger partial charge on any atom is -0.378 e. The first-order valence-electron chi connectivity index (χ1n) is 12.8. The number of nitrogens with one attached hydrogen (secondary N) is 3. The maximum atomic E-state index is 13.5. The topological polar surface area (TPSA) is 143 Å². The molecule has 0 saturated carbocycles. The lowest BCUT2D eigenvalue weighted by atomic mass is 10.2. The number of H-pyrrole nitrogens is 1. The van der Waals surface area contributed by atoms with Gasteiger partial charge >= 0.3 is 11.1 Å².